The molecule has 0 atom stereocenters. The van der Waals surface area contributed by atoms with E-state index < -0.39 is 5.82 Å². The van der Waals surface area contributed by atoms with Crippen LogP contribution in [0.4, 0.5) is 10.1 Å². The van der Waals surface area contributed by atoms with Crippen LogP contribution in [0.3, 0.4) is 0 Å². The molecule has 192 valence electrons. The van der Waals surface area contributed by atoms with E-state index in [0.717, 1.165) is 5.56 Å². The van der Waals surface area contributed by atoms with Gasteiger partial charge in [0.2, 0.25) is 5.91 Å². The molecule has 3 aromatic carbocycles. The number of pyridine rings is 1. The average Bonchev–Trinajstić information content (AvgIpc) is 2.94. The van der Waals surface area contributed by atoms with E-state index in [1.54, 1.807) is 26.4 Å². The third kappa shape index (κ3) is 6.25. The van der Waals surface area contributed by atoms with E-state index in [0.29, 0.717) is 50.3 Å². The van der Waals surface area contributed by atoms with Crippen molar-refractivity contribution in [3.05, 3.63) is 89.2 Å². The van der Waals surface area contributed by atoms with E-state index in [2.05, 4.69) is 11.4 Å². The molecule has 1 N–H and O–H groups in total. The number of benzene rings is 3. The lowest BCUT2D eigenvalue weighted by atomic mass is 9.98. The first kappa shape index (κ1) is 27.0. The Labute approximate surface area is 229 Å². The van der Waals surface area contributed by atoms with Crippen molar-refractivity contribution in [3.8, 4) is 40.0 Å². The van der Waals surface area contributed by atoms with Gasteiger partial charge in [0.05, 0.1) is 30.5 Å². The van der Waals surface area contributed by atoms with Crippen molar-refractivity contribution in [2.45, 2.75) is 11.4 Å². The lowest BCUT2D eigenvalue weighted by Gasteiger charge is -2.15. The van der Waals surface area contributed by atoms with Gasteiger partial charge >= 0.3 is 0 Å². The number of ether oxygens (including phenoxy) is 2. The fourth-order valence-electron chi connectivity index (χ4n) is 3.77. The molecule has 0 radical (unpaired) electrons. The fourth-order valence-corrected chi connectivity index (χ4v) is 4.89. The molecular formula is C29H23ClFN3O3S. The molecule has 38 heavy (non-hydrogen) atoms. The lowest BCUT2D eigenvalue weighted by Crippen LogP contribution is -2.12. The number of amides is 1. The highest BCUT2D eigenvalue weighted by atomic mass is 35.5. The highest BCUT2D eigenvalue weighted by Gasteiger charge is 2.19. The van der Waals surface area contributed by atoms with Gasteiger partial charge in [-0.05, 0) is 42.5 Å². The van der Waals surface area contributed by atoms with Crippen LogP contribution in [0.5, 0.6) is 11.5 Å². The van der Waals surface area contributed by atoms with Crippen LogP contribution in [0.1, 0.15) is 12.0 Å². The number of rotatable bonds is 9. The van der Waals surface area contributed by atoms with Gasteiger partial charge in [0.25, 0.3) is 0 Å². The van der Waals surface area contributed by atoms with E-state index in [1.807, 2.05) is 42.5 Å². The number of nitrogens with zero attached hydrogens (tertiary/aromatic N) is 2. The molecule has 0 bridgehead atoms. The number of halogens is 2. The number of hydrogen-bond acceptors (Lipinski definition) is 6. The zero-order valence-corrected chi connectivity index (χ0v) is 22.2. The number of methoxy groups -OCH3 is 2. The number of carbonyl (C=O) groups is 1. The van der Waals surface area contributed by atoms with E-state index in [1.165, 1.54) is 30.0 Å². The first-order valence-corrected chi connectivity index (χ1v) is 12.9. The van der Waals surface area contributed by atoms with Crippen LogP contribution < -0.4 is 14.8 Å². The summed E-state index contributed by atoms with van der Waals surface area (Å²) >= 11 is 7.10. The molecule has 1 heterocycles. The highest BCUT2D eigenvalue weighted by molar-refractivity contribution is 7.99. The van der Waals surface area contributed by atoms with Gasteiger partial charge in [-0.25, -0.2) is 9.37 Å². The predicted octanol–water partition coefficient (Wildman–Crippen LogP) is 7.22. The maximum absolute atomic E-state index is 13.4. The van der Waals surface area contributed by atoms with Gasteiger partial charge in [0.1, 0.15) is 28.4 Å². The lowest BCUT2D eigenvalue weighted by molar-refractivity contribution is -0.115. The molecule has 9 heteroatoms. The Kier molecular flexibility index (Phi) is 8.85. The summed E-state index contributed by atoms with van der Waals surface area (Å²) in [5.74, 6) is 0.732. The van der Waals surface area contributed by atoms with Gasteiger partial charge in [0, 0.05) is 34.6 Å². The second kappa shape index (κ2) is 12.5. The minimum absolute atomic E-state index is 0.0711. The number of thioether (sulfide) groups is 1. The summed E-state index contributed by atoms with van der Waals surface area (Å²) in [6.07, 6.45) is 0.138. The Morgan fingerprint density at radius 1 is 1.05 bits per heavy atom. The standard InChI is InChI=1S/C29H23ClFN3O3S/c1-36-20-9-11-27(37-2)22(15-20)21-16-26(18-6-4-3-5-7-18)34-29(23(21)17-32)38-13-12-28(35)33-19-8-10-25(31)24(30)14-19/h3-11,14-16H,12-13H2,1-2H3,(H,33,35). The normalized spacial score (nSPS) is 10.5. The molecule has 1 aromatic heterocycles. The highest BCUT2D eigenvalue weighted by Crippen LogP contribution is 2.40. The minimum Gasteiger partial charge on any atom is -0.497 e. The van der Waals surface area contributed by atoms with Gasteiger partial charge in [-0.3, -0.25) is 4.79 Å². The maximum Gasteiger partial charge on any atom is 0.225 e. The van der Waals surface area contributed by atoms with Gasteiger partial charge in [-0.15, -0.1) is 11.8 Å². The topological polar surface area (TPSA) is 84.2 Å². The van der Waals surface area contributed by atoms with Crippen molar-refractivity contribution in [2.75, 3.05) is 25.3 Å². The van der Waals surface area contributed by atoms with Crippen LogP contribution in [0, 0.1) is 17.1 Å². The summed E-state index contributed by atoms with van der Waals surface area (Å²) < 4.78 is 24.4. The van der Waals surface area contributed by atoms with Crippen LogP contribution in [-0.4, -0.2) is 30.9 Å². The van der Waals surface area contributed by atoms with Crippen LogP contribution in [0.2, 0.25) is 5.02 Å². The van der Waals surface area contributed by atoms with Crippen molar-refractivity contribution >= 4 is 35.0 Å². The zero-order chi connectivity index (χ0) is 27.1. The summed E-state index contributed by atoms with van der Waals surface area (Å²) in [7, 11) is 3.14. The van der Waals surface area contributed by atoms with Gasteiger partial charge in [-0.1, -0.05) is 41.9 Å². The fraction of sp³-hybridized carbons (Fsp3) is 0.138. The first-order chi connectivity index (χ1) is 18.4. The summed E-state index contributed by atoms with van der Waals surface area (Å²) in [5.41, 5.74) is 3.67. The summed E-state index contributed by atoms with van der Waals surface area (Å²) in [5, 5.41) is 13.3. The van der Waals surface area contributed by atoms with Gasteiger partial charge in [-0.2, -0.15) is 5.26 Å². The SMILES string of the molecule is COc1ccc(OC)c(-c2cc(-c3ccccc3)nc(SCCC(=O)Nc3ccc(F)c(Cl)c3)c2C#N)c1. The van der Waals surface area contributed by atoms with E-state index in [4.69, 9.17) is 26.1 Å². The van der Waals surface area contributed by atoms with Crippen molar-refractivity contribution < 1.29 is 18.7 Å². The molecule has 4 rings (SSSR count). The molecule has 4 aromatic rings. The van der Waals surface area contributed by atoms with Crippen LogP contribution >= 0.6 is 23.4 Å². The third-order valence-electron chi connectivity index (χ3n) is 5.64. The van der Waals surface area contributed by atoms with Crippen molar-refractivity contribution in [2.24, 2.45) is 0 Å². The number of nitrogens with one attached hydrogen (secondary N) is 1. The summed E-state index contributed by atoms with van der Waals surface area (Å²) in [6.45, 7) is 0. The van der Waals surface area contributed by atoms with E-state index in [9.17, 15) is 14.4 Å². The number of nitriles is 1. The summed E-state index contributed by atoms with van der Waals surface area (Å²) in [6, 6.07) is 23.2. The monoisotopic (exact) mass is 547 g/mol. The largest absolute Gasteiger partial charge is 0.497 e. The van der Waals surface area contributed by atoms with Crippen molar-refractivity contribution in [1.82, 2.24) is 4.98 Å². The minimum atomic E-state index is -0.558. The van der Waals surface area contributed by atoms with Crippen LogP contribution in [-0.2, 0) is 4.79 Å². The molecule has 0 aliphatic heterocycles. The molecule has 0 fully saturated rings. The molecular weight excluding hydrogens is 525 g/mol. The number of hydrogen-bond donors (Lipinski definition) is 1. The Bertz CT molecular complexity index is 1510. The van der Waals surface area contributed by atoms with E-state index >= 15 is 0 Å². The Hall–Kier alpha value is -4.06. The molecule has 6 nitrogen and oxygen atoms in total. The number of carbonyl (C=O) groups excluding carboxylic acids is 1. The number of anilines is 1. The van der Waals surface area contributed by atoms with Gasteiger partial charge < -0.3 is 14.8 Å². The summed E-state index contributed by atoms with van der Waals surface area (Å²) in [4.78, 5) is 17.3. The van der Waals surface area contributed by atoms with Crippen molar-refractivity contribution in [1.29, 1.82) is 5.26 Å². The average molecular weight is 548 g/mol. The maximum atomic E-state index is 13.4. The van der Waals surface area contributed by atoms with Crippen molar-refractivity contribution in [3.63, 3.8) is 0 Å². The number of aromatic nitrogens is 1. The van der Waals surface area contributed by atoms with Crippen LogP contribution in [0.15, 0.2) is 77.8 Å². The van der Waals surface area contributed by atoms with E-state index in [-0.39, 0.29) is 17.4 Å². The Morgan fingerprint density at radius 3 is 2.53 bits per heavy atom. The second-order valence-electron chi connectivity index (χ2n) is 8.05. The Balaban J connectivity index is 1.66. The van der Waals surface area contributed by atoms with Gasteiger partial charge in [0.15, 0.2) is 0 Å². The molecule has 0 spiro atoms. The molecule has 1 amide bonds. The Morgan fingerprint density at radius 2 is 1.84 bits per heavy atom. The quantitative estimate of drug-likeness (QED) is 0.223. The third-order valence-corrected chi connectivity index (χ3v) is 6.90. The smallest absolute Gasteiger partial charge is 0.225 e. The van der Waals surface area contributed by atoms with Crippen LogP contribution in [0.25, 0.3) is 22.4 Å². The molecule has 0 aliphatic carbocycles. The first-order valence-electron chi connectivity index (χ1n) is 11.5. The molecule has 0 saturated heterocycles. The molecule has 0 saturated carbocycles. The predicted molar refractivity (Wildman–Crippen MR) is 148 cm³/mol. The zero-order valence-electron chi connectivity index (χ0n) is 20.6. The second-order valence-corrected chi connectivity index (χ2v) is 9.55. The molecule has 0 aliphatic rings. The molecule has 0 unspecified atom stereocenters.